The van der Waals surface area contributed by atoms with Gasteiger partial charge in [-0.2, -0.15) is 5.26 Å². The van der Waals surface area contributed by atoms with Crippen LogP contribution in [0.4, 0.5) is 5.95 Å². The summed E-state index contributed by atoms with van der Waals surface area (Å²) in [6, 6.07) is 5.85. The van der Waals surface area contributed by atoms with Gasteiger partial charge in [-0.1, -0.05) is 31.4 Å². The van der Waals surface area contributed by atoms with Gasteiger partial charge in [0.05, 0.1) is 41.0 Å². The third kappa shape index (κ3) is 4.73. The molecule has 1 aliphatic heterocycles. The van der Waals surface area contributed by atoms with Crippen LogP contribution < -0.4 is 4.90 Å². The first kappa shape index (κ1) is 24.0. The fourth-order valence-corrected chi connectivity index (χ4v) is 5.59. The zero-order chi connectivity index (χ0) is 24.5. The number of aromatic nitrogens is 4. The number of anilines is 1. The minimum atomic E-state index is -0.0341. The maximum absolute atomic E-state index is 9.70. The molecule has 184 valence electrons. The lowest BCUT2D eigenvalue weighted by atomic mass is 9.83. The van der Waals surface area contributed by atoms with Gasteiger partial charge in [0.1, 0.15) is 17.9 Å². The summed E-state index contributed by atoms with van der Waals surface area (Å²) in [6.07, 6.45) is 8.17. The van der Waals surface area contributed by atoms with Crippen molar-refractivity contribution in [2.24, 2.45) is 11.8 Å². The fraction of sp³-hybridized carbons (Fsp3) is 0.538. The predicted molar refractivity (Wildman–Crippen MR) is 135 cm³/mol. The van der Waals surface area contributed by atoms with Gasteiger partial charge >= 0.3 is 0 Å². The number of hydrogen-bond donors (Lipinski definition) is 0. The zero-order valence-electron chi connectivity index (χ0n) is 20.4. The third-order valence-corrected chi connectivity index (χ3v) is 7.70. The Balaban J connectivity index is 1.68. The largest absolute Gasteiger partial charge is 0.377 e. The van der Waals surface area contributed by atoms with E-state index in [1.165, 1.54) is 25.7 Å². The Morgan fingerprint density at radius 1 is 1.20 bits per heavy atom. The Morgan fingerprint density at radius 2 is 2.00 bits per heavy atom. The van der Waals surface area contributed by atoms with Crippen molar-refractivity contribution in [3.8, 4) is 17.3 Å². The number of pyridine rings is 2. The van der Waals surface area contributed by atoms with E-state index in [0.717, 1.165) is 35.0 Å². The number of nitrogens with zero attached hydrogens (tertiary/aromatic N) is 6. The molecule has 3 aromatic heterocycles. The summed E-state index contributed by atoms with van der Waals surface area (Å²) in [5.74, 6) is 2.16. The highest BCUT2D eigenvalue weighted by atomic mass is 35.5. The maximum atomic E-state index is 9.70. The molecular weight excluding hydrogens is 464 g/mol. The van der Waals surface area contributed by atoms with E-state index in [9.17, 15) is 5.26 Å². The van der Waals surface area contributed by atoms with Crippen LogP contribution in [-0.2, 0) is 16.0 Å². The van der Waals surface area contributed by atoms with E-state index in [0.29, 0.717) is 35.5 Å². The van der Waals surface area contributed by atoms with E-state index in [-0.39, 0.29) is 12.1 Å². The molecule has 0 N–H and O–H groups in total. The number of imidazole rings is 1. The quantitative estimate of drug-likeness (QED) is 0.490. The summed E-state index contributed by atoms with van der Waals surface area (Å²) in [7, 11) is 3.77. The van der Waals surface area contributed by atoms with Crippen LogP contribution in [0.15, 0.2) is 24.5 Å². The molecule has 4 heterocycles. The van der Waals surface area contributed by atoms with E-state index >= 15 is 0 Å². The Hall–Kier alpha value is -2.73. The number of methoxy groups -OCH3 is 1. The first-order chi connectivity index (χ1) is 17.0. The minimum absolute atomic E-state index is 0.0341. The van der Waals surface area contributed by atoms with E-state index in [2.05, 4.69) is 27.4 Å². The first-order valence-electron chi connectivity index (χ1n) is 12.2. The van der Waals surface area contributed by atoms with Crippen molar-refractivity contribution in [3.63, 3.8) is 0 Å². The van der Waals surface area contributed by atoms with Crippen LogP contribution in [0.5, 0.6) is 0 Å². The smallest absolute Gasteiger partial charge is 0.206 e. The molecule has 1 saturated heterocycles. The molecule has 0 bridgehead atoms. The highest BCUT2D eigenvalue weighted by Gasteiger charge is 2.35. The van der Waals surface area contributed by atoms with Gasteiger partial charge in [0, 0.05) is 44.7 Å². The molecule has 0 aromatic carbocycles. The molecule has 0 amide bonds. The van der Waals surface area contributed by atoms with Crippen LogP contribution in [0.25, 0.3) is 22.3 Å². The molecule has 3 aromatic rings. The molecule has 2 aliphatic rings. The van der Waals surface area contributed by atoms with Gasteiger partial charge in [0.25, 0.3) is 0 Å². The van der Waals surface area contributed by atoms with E-state index < -0.39 is 0 Å². The number of fused-ring (bicyclic) bond motifs is 1. The number of nitriles is 1. The highest BCUT2D eigenvalue weighted by molar-refractivity contribution is 6.30. The minimum Gasteiger partial charge on any atom is -0.377 e. The van der Waals surface area contributed by atoms with Crippen molar-refractivity contribution >= 4 is 28.6 Å². The Labute approximate surface area is 210 Å². The standard InChI is InChI=1S/C26H31ClN6O2/c1-16-4-6-17(7-5-16)13-33-25-21(31-26(33)32(2)22-14-35-15-23(22)34-3)9-20(10-28)30-24(25)18-8-19(27)12-29-11-18/h8-9,11-12,16-17,22-23H,4-7,13-15H2,1-3H3/t16-,17-,22-,23-/m1/s1. The summed E-state index contributed by atoms with van der Waals surface area (Å²) >= 11 is 6.29. The van der Waals surface area contributed by atoms with Crippen LogP contribution in [0.3, 0.4) is 0 Å². The average Bonchev–Trinajstić information content (AvgIpc) is 3.49. The lowest BCUT2D eigenvalue weighted by Gasteiger charge is -2.31. The highest BCUT2D eigenvalue weighted by Crippen LogP contribution is 2.36. The Kier molecular flexibility index (Phi) is 6.92. The van der Waals surface area contributed by atoms with E-state index in [1.807, 2.05) is 13.1 Å². The SMILES string of the molecule is CO[C@@H]1COC[C@H]1N(C)c1nc2cc(C#N)nc(-c3cncc(Cl)c3)c2n1C[C@H]1CC[C@H](C)CC1. The van der Waals surface area contributed by atoms with Crippen molar-refractivity contribution in [2.45, 2.75) is 51.3 Å². The summed E-state index contributed by atoms with van der Waals surface area (Å²) < 4.78 is 13.7. The van der Waals surface area contributed by atoms with Crippen LogP contribution in [0.1, 0.15) is 38.3 Å². The Bertz CT molecular complexity index is 1250. The summed E-state index contributed by atoms with van der Waals surface area (Å²) in [5, 5.41) is 10.2. The summed E-state index contributed by atoms with van der Waals surface area (Å²) in [4.78, 5) is 16.2. The third-order valence-electron chi connectivity index (χ3n) is 7.49. The molecule has 2 atom stereocenters. The molecule has 5 rings (SSSR count). The molecule has 2 fully saturated rings. The second-order valence-electron chi connectivity index (χ2n) is 9.87. The van der Waals surface area contributed by atoms with Gasteiger partial charge in [-0.15, -0.1) is 0 Å². The van der Waals surface area contributed by atoms with Gasteiger partial charge in [0.2, 0.25) is 5.95 Å². The molecular formula is C26H31ClN6O2. The number of halogens is 1. The van der Waals surface area contributed by atoms with Crippen LogP contribution in [-0.4, -0.2) is 59.0 Å². The molecule has 35 heavy (non-hydrogen) atoms. The summed E-state index contributed by atoms with van der Waals surface area (Å²) in [6.45, 7) is 4.31. The van der Waals surface area contributed by atoms with Crippen LogP contribution in [0, 0.1) is 23.2 Å². The summed E-state index contributed by atoms with van der Waals surface area (Å²) in [5.41, 5.74) is 3.41. The molecule has 1 aliphatic carbocycles. The number of hydrogen-bond acceptors (Lipinski definition) is 7. The molecule has 9 heteroatoms. The van der Waals surface area contributed by atoms with Gasteiger partial charge < -0.3 is 18.9 Å². The van der Waals surface area contributed by atoms with Crippen molar-refractivity contribution < 1.29 is 9.47 Å². The monoisotopic (exact) mass is 494 g/mol. The molecule has 8 nitrogen and oxygen atoms in total. The topological polar surface area (TPSA) is 89.1 Å². The Morgan fingerprint density at radius 3 is 2.71 bits per heavy atom. The van der Waals surface area contributed by atoms with Crippen molar-refractivity contribution in [1.29, 1.82) is 5.26 Å². The molecule has 1 saturated carbocycles. The number of likely N-dealkylation sites (N-methyl/N-ethyl adjacent to an activating group) is 1. The van der Waals surface area contributed by atoms with Gasteiger partial charge in [0.15, 0.2) is 0 Å². The number of ether oxygens (including phenoxy) is 2. The van der Waals surface area contributed by atoms with Crippen LogP contribution >= 0.6 is 11.6 Å². The van der Waals surface area contributed by atoms with Gasteiger partial charge in [-0.3, -0.25) is 4.98 Å². The molecule has 0 unspecified atom stereocenters. The second kappa shape index (κ2) is 10.1. The maximum Gasteiger partial charge on any atom is 0.206 e. The van der Waals surface area contributed by atoms with Gasteiger partial charge in [-0.25, -0.2) is 9.97 Å². The lowest BCUT2D eigenvalue weighted by molar-refractivity contribution is 0.0770. The first-order valence-corrected chi connectivity index (χ1v) is 12.6. The normalized spacial score (nSPS) is 24.5. The van der Waals surface area contributed by atoms with Crippen molar-refractivity contribution in [3.05, 3.63) is 35.2 Å². The van der Waals surface area contributed by atoms with Crippen LogP contribution in [0.2, 0.25) is 5.02 Å². The lowest BCUT2D eigenvalue weighted by Crippen LogP contribution is -2.43. The van der Waals surface area contributed by atoms with Gasteiger partial charge in [-0.05, 0) is 30.7 Å². The zero-order valence-corrected chi connectivity index (χ0v) is 21.2. The molecule has 0 radical (unpaired) electrons. The van der Waals surface area contributed by atoms with Crippen molar-refractivity contribution in [1.82, 2.24) is 19.5 Å². The van der Waals surface area contributed by atoms with Crippen molar-refractivity contribution in [2.75, 3.05) is 32.3 Å². The average molecular weight is 495 g/mol. The van der Waals surface area contributed by atoms with E-state index in [1.54, 1.807) is 25.6 Å². The predicted octanol–water partition coefficient (Wildman–Crippen LogP) is 4.69. The fourth-order valence-electron chi connectivity index (χ4n) is 5.41. The second-order valence-corrected chi connectivity index (χ2v) is 10.3. The molecule has 0 spiro atoms. The number of rotatable bonds is 6. The van der Waals surface area contributed by atoms with E-state index in [4.69, 9.17) is 31.0 Å².